The average molecular weight is 224 g/mol. The number of hydrogen-bond donors (Lipinski definition) is 1. The highest BCUT2D eigenvalue weighted by atomic mass is 32.1. The number of hydrogen-bond acceptors (Lipinski definition) is 5. The molecule has 0 radical (unpaired) electrons. The summed E-state index contributed by atoms with van der Waals surface area (Å²) in [7, 11) is 1.98. The maximum atomic E-state index is 8.96. The quantitative estimate of drug-likeness (QED) is 0.851. The fourth-order valence-electron chi connectivity index (χ4n) is 1.45. The molecule has 0 aliphatic carbocycles. The number of nitriles is 1. The Kier molecular flexibility index (Phi) is 3.92. The van der Waals surface area contributed by atoms with Crippen molar-refractivity contribution >= 4 is 22.4 Å². The van der Waals surface area contributed by atoms with E-state index in [0.717, 1.165) is 17.8 Å². The summed E-state index contributed by atoms with van der Waals surface area (Å²) in [6.45, 7) is 4.29. The maximum Gasteiger partial charge on any atom is 0.157 e. The molecule has 4 nitrogen and oxygen atoms in total. The molecule has 82 valence electrons. The molecule has 2 N–H and O–H groups in total. The van der Waals surface area contributed by atoms with Gasteiger partial charge in [-0.2, -0.15) is 9.64 Å². The number of nitrogens with two attached hydrogens (primary N) is 1. The third-order valence-electron chi connectivity index (χ3n) is 2.50. The average Bonchev–Trinajstić information content (AvgIpc) is 2.58. The van der Waals surface area contributed by atoms with Crippen LogP contribution in [0.2, 0.25) is 0 Å². The monoisotopic (exact) mass is 224 g/mol. The first kappa shape index (κ1) is 11.8. The second-order valence-corrected chi connectivity index (χ2v) is 4.36. The van der Waals surface area contributed by atoms with Crippen LogP contribution in [-0.2, 0) is 0 Å². The van der Waals surface area contributed by atoms with Gasteiger partial charge in [-0.05, 0) is 24.9 Å². The van der Waals surface area contributed by atoms with E-state index in [2.05, 4.69) is 29.2 Å². The lowest BCUT2D eigenvalue weighted by molar-refractivity contribution is 0.619. The van der Waals surface area contributed by atoms with Crippen LogP contribution in [-0.4, -0.2) is 17.5 Å². The Bertz CT molecular complexity index is 366. The van der Waals surface area contributed by atoms with E-state index in [1.807, 2.05) is 7.05 Å². The summed E-state index contributed by atoms with van der Waals surface area (Å²) in [5.41, 5.74) is 6.12. The van der Waals surface area contributed by atoms with Crippen LogP contribution in [0.3, 0.4) is 0 Å². The summed E-state index contributed by atoms with van der Waals surface area (Å²) in [4.78, 5) is 2.08. The van der Waals surface area contributed by atoms with E-state index in [4.69, 9.17) is 11.0 Å². The minimum Gasteiger partial charge on any atom is -0.382 e. The van der Waals surface area contributed by atoms with Crippen molar-refractivity contribution in [2.45, 2.75) is 32.7 Å². The molecule has 0 aliphatic rings. The Balaban J connectivity index is 2.91. The van der Waals surface area contributed by atoms with Crippen LogP contribution >= 0.6 is 11.5 Å². The summed E-state index contributed by atoms with van der Waals surface area (Å²) in [5, 5.41) is 9.83. The second-order valence-electron chi connectivity index (χ2n) is 3.61. The highest BCUT2D eigenvalue weighted by Crippen LogP contribution is 2.30. The van der Waals surface area contributed by atoms with Crippen molar-refractivity contribution in [1.29, 1.82) is 5.26 Å². The highest BCUT2D eigenvalue weighted by molar-refractivity contribution is 7.10. The first-order valence-electron chi connectivity index (χ1n) is 4.99. The zero-order chi connectivity index (χ0) is 11.4. The molecule has 15 heavy (non-hydrogen) atoms. The minimum absolute atomic E-state index is 0.341. The predicted molar refractivity (Wildman–Crippen MR) is 64.0 cm³/mol. The first-order valence-corrected chi connectivity index (χ1v) is 5.77. The SMILES string of the molecule is CCCC(C)N(C)c1snc(N)c1C#N. The normalized spacial score (nSPS) is 12.1. The third kappa shape index (κ3) is 2.39. The van der Waals surface area contributed by atoms with Gasteiger partial charge in [-0.1, -0.05) is 13.3 Å². The van der Waals surface area contributed by atoms with Gasteiger partial charge in [0.05, 0.1) is 0 Å². The first-order chi connectivity index (χ1) is 7.11. The van der Waals surface area contributed by atoms with Crippen LogP contribution in [0.1, 0.15) is 32.3 Å². The molecule has 0 aliphatic heterocycles. The van der Waals surface area contributed by atoms with E-state index in [-0.39, 0.29) is 0 Å². The fourth-order valence-corrected chi connectivity index (χ4v) is 2.28. The minimum atomic E-state index is 0.341. The van der Waals surface area contributed by atoms with Crippen molar-refractivity contribution in [2.24, 2.45) is 0 Å². The molecular formula is C10H16N4S. The number of nitrogen functional groups attached to an aromatic ring is 1. The molecule has 1 atom stereocenters. The zero-order valence-corrected chi connectivity index (χ0v) is 10.1. The zero-order valence-electron chi connectivity index (χ0n) is 9.32. The van der Waals surface area contributed by atoms with E-state index in [1.54, 1.807) is 0 Å². The molecule has 1 heterocycles. The Morgan fingerprint density at radius 2 is 2.33 bits per heavy atom. The van der Waals surface area contributed by atoms with E-state index in [0.29, 0.717) is 17.4 Å². The van der Waals surface area contributed by atoms with Gasteiger partial charge in [-0.15, -0.1) is 0 Å². The van der Waals surface area contributed by atoms with E-state index >= 15 is 0 Å². The molecule has 0 aromatic carbocycles. The van der Waals surface area contributed by atoms with Crippen LogP contribution < -0.4 is 10.6 Å². The smallest absolute Gasteiger partial charge is 0.157 e. The summed E-state index contributed by atoms with van der Waals surface area (Å²) in [6.07, 6.45) is 2.22. The third-order valence-corrected chi connectivity index (χ3v) is 3.45. The van der Waals surface area contributed by atoms with Gasteiger partial charge in [0.25, 0.3) is 0 Å². The van der Waals surface area contributed by atoms with Gasteiger partial charge in [0.2, 0.25) is 0 Å². The number of rotatable bonds is 4. The summed E-state index contributed by atoms with van der Waals surface area (Å²) in [6, 6.07) is 2.51. The molecule has 1 rings (SSSR count). The largest absolute Gasteiger partial charge is 0.382 e. The molecular weight excluding hydrogens is 208 g/mol. The fraction of sp³-hybridized carbons (Fsp3) is 0.600. The Hall–Kier alpha value is -1.28. The van der Waals surface area contributed by atoms with Crippen molar-refractivity contribution in [3.63, 3.8) is 0 Å². The van der Waals surface area contributed by atoms with Crippen LogP contribution in [0.15, 0.2) is 0 Å². The lowest BCUT2D eigenvalue weighted by atomic mass is 10.1. The summed E-state index contributed by atoms with van der Waals surface area (Å²) >= 11 is 1.29. The highest BCUT2D eigenvalue weighted by Gasteiger charge is 2.18. The maximum absolute atomic E-state index is 8.96. The van der Waals surface area contributed by atoms with E-state index < -0.39 is 0 Å². The standard InChI is InChI=1S/C10H16N4S/c1-4-5-7(2)14(3)10-8(6-11)9(12)13-15-10/h7H,4-5H2,1-3H3,(H2,12,13). The molecule has 0 spiro atoms. The topological polar surface area (TPSA) is 65.9 Å². The number of anilines is 2. The molecule has 0 bridgehead atoms. The van der Waals surface area contributed by atoms with Crippen LogP contribution in [0.5, 0.6) is 0 Å². The molecule has 1 aromatic heterocycles. The van der Waals surface area contributed by atoms with Gasteiger partial charge in [0, 0.05) is 13.1 Å². The van der Waals surface area contributed by atoms with E-state index in [1.165, 1.54) is 11.5 Å². The van der Waals surface area contributed by atoms with E-state index in [9.17, 15) is 0 Å². The molecule has 0 amide bonds. The predicted octanol–water partition coefficient (Wildman–Crippen LogP) is 2.22. The number of aromatic nitrogens is 1. The molecule has 0 fully saturated rings. The van der Waals surface area contributed by atoms with Crippen molar-refractivity contribution in [2.75, 3.05) is 17.7 Å². The Morgan fingerprint density at radius 1 is 1.67 bits per heavy atom. The summed E-state index contributed by atoms with van der Waals surface area (Å²) in [5.74, 6) is 0.341. The van der Waals surface area contributed by atoms with Crippen LogP contribution in [0, 0.1) is 11.3 Å². The molecule has 0 saturated heterocycles. The molecule has 1 aromatic rings. The van der Waals surface area contributed by atoms with Crippen LogP contribution in [0.25, 0.3) is 0 Å². The van der Waals surface area contributed by atoms with Gasteiger partial charge < -0.3 is 10.6 Å². The summed E-state index contributed by atoms with van der Waals surface area (Å²) < 4.78 is 4.01. The Labute approximate surface area is 94.5 Å². The molecule has 5 heteroatoms. The lowest BCUT2D eigenvalue weighted by Gasteiger charge is -2.24. The van der Waals surface area contributed by atoms with Gasteiger partial charge in [-0.3, -0.25) is 0 Å². The number of nitrogens with zero attached hydrogens (tertiary/aromatic N) is 3. The van der Waals surface area contributed by atoms with Gasteiger partial charge >= 0.3 is 0 Å². The second kappa shape index (κ2) is 4.99. The van der Waals surface area contributed by atoms with Gasteiger partial charge in [0.15, 0.2) is 5.82 Å². The van der Waals surface area contributed by atoms with Gasteiger partial charge in [0.1, 0.15) is 16.6 Å². The Morgan fingerprint density at radius 3 is 2.87 bits per heavy atom. The molecule has 1 unspecified atom stereocenters. The van der Waals surface area contributed by atoms with Gasteiger partial charge in [-0.25, -0.2) is 0 Å². The van der Waals surface area contributed by atoms with Crippen molar-refractivity contribution in [3.05, 3.63) is 5.56 Å². The van der Waals surface area contributed by atoms with Crippen molar-refractivity contribution < 1.29 is 0 Å². The lowest BCUT2D eigenvalue weighted by Crippen LogP contribution is -2.28. The van der Waals surface area contributed by atoms with Crippen molar-refractivity contribution in [3.8, 4) is 6.07 Å². The molecule has 0 saturated carbocycles. The van der Waals surface area contributed by atoms with Crippen molar-refractivity contribution in [1.82, 2.24) is 4.37 Å². The van der Waals surface area contributed by atoms with Crippen LogP contribution in [0.4, 0.5) is 10.8 Å².